The molecule has 2 N–H and O–H groups in total. The van der Waals surface area contributed by atoms with Crippen molar-refractivity contribution in [2.75, 3.05) is 30.8 Å². The van der Waals surface area contributed by atoms with E-state index < -0.39 is 4.92 Å². The Labute approximate surface area is 124 Å². The maximum absolute atomic E-state index is 11.0. The standard InChI is InChI=1S/C15H22N4O2/c1-17(11-2-3-11)12-6-8-18(9-7-12)13-4-5-14(16)15(10-13)19(20)21/h4-5,10-12H,2-3,6-9,16H2,1H3. The number of nitro benzene ring substituents is 1. The lowest BCUT2D eigenvalue weighted by Gasteiger charge is -2.38. The van der Waals surface area contributed by atoms with E-state index in [1.165, 1.54) is 12.8 Å². The molecule has 1 aliphatic carbocycles. The smallest absolute Gasteiger partial charge is 0.294 e. The summed E-state index contributed by atoms with van der Waals surface area (Å²) in [6.07, 6.45) is 4.90. The zero-order valence-electron chi connectivity index (χ0n) is 12.4. The Hall–Kier alpha value is -1.82. The molecule has 6 nitrogen and oxygen atoms in total. The van der Waals surface area contributed by atoms with E-state index in [1.807, 2.05) is 6.07 Å². The SMILES string of the molecule is CN(C1CC1)C1CCN(c2ccc(N)c([N+](=O)[O-])c2)CC1. The average molecular weight is 290 g/mol. The predicted molar refractivity (Wildman–Crippen MR) is 83.5 cm³/mol. The summed E-state index contributed by atoms with van der Waals surface area (Å²) in [7, 11) is 2.23. The number of anilines is 2. The molecule has 0 atom stereocenters. The minimum absolute atomic E-state index is 0.00437. The Kier molecular flexibility index (Phi) is 3.71. The van der Waals surface area contributed by atoms with Gasteiger partial charge in [0.25, 0.3) is 5.69 Å². The highest BCUT2D eigenvalue weighted by molar-refractivity contribution is 5.66. The number of hydrogen-bond acceptors (Lipinski definition) is 5. The Morgan fingerprint density at radius 1 is 1.24 bits per heavy atom. The first-order chi connectivity index (χ1) is 10.1. The van der Waals surface area contributed by atoms with E-state index in [0.717, 1.165) is 37.7 Å². The van der Waals surface area contributed by atoms with E-state index in [2.05, 4.69) is 16.8 Å². The van der Waals surface area contributed by atoms with Crippen LogP contribution in [0.25, 0.3) is 0 Å². The van der Waals surface area contributed by atoms with Gasteiger partial charge in [0.15, 0.2) is 0 Å². The zero-order valence-corrected chi connectivity index (χ0v) is 12.4. The topological polar surface area (TPSA) is 75.6 Å². The number of rotatable bonds is 4. The van der Waals surface area contributed by atoms with Crippen LogP contribution >= 0.6 is 0 Å². The molecule has 3 rings (SSSR count). The first-order valence-corrected chi connectivity index (χ1v) is 7.57. The van der Waals surface area contributed by atoms with Crippen LogP contribution in [0.4, 0.5) is 17.1 Å². The molecule has 0 spiro atoms. The molecule has 21 heavy (non-hydrogen) atoms. The van der Waals surface area contributed by atoms with Crippen LogP contribution in [-0.2, 0) is 0 Å². The lowest BCUT2D eigenvalue weighted by molar-refractivity contribution is -0.383. The summed E-state index contributed by atoms with van der Waals surface area (Å²) >= 11 is 0. The Morgan fingerprint density at radius 2 is 1.86 bits per heavy atom. The zero-order chi connectivity index (χ0) is 15.0. The van der Waals surface area contributed by atoms with Crippen LogP contribution in [0.15, 0.2) is 18.2 Å². The fourth-order valence-corrected chi connectivity index (χ4v) is 3.20. The second kappa shape index (κ2) is 5.52. The minimum atomic E-state index is -0.410. The van der Waals surface area contributed by atoms with Crippen LogP contribution in [0.3, 0.4) is 0 Å². The van der Waals surface area contributed by atoms with Crippen molar-refractivity contribution in [3.63, 3.8) is 0 Å². The van der Waals surface area contributed by atoms with Crippen molar-refractivity contribution in [2.24, 2.45) is 0 Å². The molecule has 2 aliphatic rings. The number of hydrogen-bond donors (Lipinski definition) is 1. The van der Waals surface area contributed by atoms with Gasteiger partial charge in [-0.25, -0.2) is 0 Å². The molecule has 1 saturated heterocycles. The molecule has 1 aromatic rings. The summed E-state index contributed by atoms with van der Waals surface area (Å²) < 4.78 is 0. The second-order valence-electron chi connectivity index (χ2n) is 6.12. The quantitative estimate of drug-likeness (QED) is 0.523. The monoisotopic (exact) mass is 290 g/mol. The van der Waals surface area contributed by atoms with Gasteiger partial charge in [0.05, 0.1) is 4.92 Å². The number of piperidine rings is 1. The molecule has 0 unspecified atom stereocenters. The molecule has 0 amide bonds. The van der Waals surface area contributed by atoms with Gasteiger partial charge in [0.1, 0.15) is 5.69 Å². The third-order valence-corrected chi connectivity index (χ3v) is 4.74. The first-order valence-electron chi connectivity index (χ1n) is 7.57. The molecule has 1 aromatic carbocycles. The summed E-state index contributed by atoms with van der Waals surface area (Å²) in [5.74, 6) is 0. The molecule has 1 saturated carbocycles. The summed E-state index contributed by atoms with van der Waals surface area (Å²) in [6, 6.07) is 6.56. The largest absolute Gasteiger partial charge is 0.393 e. The Balaban J connectivity index is 1.66. The number of nitrogens with zero attached hydrogens (tertiary/aromatic N) is 3. The number of nitrogens with two attached hydrogens (primary N) is 1. The van der Waals surface area contributed by atoms with Crippen LogP contribution < -0.4 is 10.6 Å². The average Bonchev–Trinajstić information content (AvgIpc) is 3.31. The van der Waals surface area contributed by atoms with Crippen molar-refractivity contribution in [1.29, 1.82) is 0 Å². The first kappa shape index (κ1) is 14.1. The van der Waals surface area contributed by atoms with Crippen molar-refractivity contribution < 1.29 is 4.92 Å². The number of nitrogen functional groups attached to an aromatic ring is 1. The fraction of sp³-hybridized carbons (Fsp3) is 0.600. The molecular formula is C15H22N4O2. The van der Waals surface area contributed by atoms with Crippen LogP contribution in [0.2, 0.25) is 0 Å². The normalized spacial score (nSPS) is 20.0. The summed E-state index contributed by atoms with van der Waals surface area (Å²) in [4.78, 5) is 15.3. The van der Waals surface area contributed by atoms with Crippen molar-refractivity contribution in [3.05, 3.63) is 28.3 Å². The highest BCUT2D eigenvalue weighted by Gasteiger charge is 2.33. The third-order valence-electron chi connectivity index (χ3n) is 4.74. The van der Waals surface area contributed by atoms with Gasteiger partial charge in [0, 0.05) is 36.9 Å². The lowest BCUT2D eigenvalue weighted by Crippen LogP contribution is -2.44. The third kappa shape index (κ3) is 2.95. The molecule has 2 fully saturated rings. The molecule has 1 heterocycles. The van der Waals surface area contributed by atoms with Gasteiger partial charge in [-0.3, -0.25) is 10.1 Å². The molecule has 1 aliphatic heterocycles. The highest BCUT2D eigenvalue weighted by atomic mass is 16.6. The van der Waals surface area contributed by atoms with E-state index in [1.54, 1.807) is 12.1 Å². The highest BCUT2D eigenvalue weighted by Crippen LogP contribution is 2.32. The van der Waals surface area contributed by atoms with Gasteiger partial charge in [-0.1, -0.05) is 0 Å². The Morgan fingerprint density at radius 3 is 2.43 bits per heavy atom. The summed E-state index contributed by atoms with van der Waals surface area (Å²) in [6.45, 7) is 1.89. The van der Waals surface area contributed by atoms with Crippen LogP contribution in [0.5, 0.6) is 0 Å². The minimum Gasteiger partial charge on any atom is -0.393 e. The molecule has 0 bridgehead atoms. The number of nitro groups is 1. The lowest BCUT2D eigenvalue weighted by atomic mass is 10.0. The van der Waals surface area contributed by atoms with Crippen LogP contribution in [0, 0.1) is 10.1 Å². The van der Waals surface area contributed by atoms with Crippen LogP contribution in [0.1, 0.15) is 25.7 Å². The van der Waals surface area contributed by atoms with E-state index in [9.17, 15) is 10.1 Å². The van der Waals surface area contributed by atoms with Crippen molar-refractivity contribution in [3.8, 4) is 0 Å². The van der Waals surface area contributed by atoms with Crippen molar-refractivity contribution in [1.82, 2.24) is 4.90 Å². The molecule has 0 aromatic heterocycles. The second-order valence-corrected chi connectivity index (χ2v) is 6.12. The van der Waals surface area contributed by atoms with Crippen molar-refractivity contribution in [2.45, 2.75) is 37.8 Å². The maximum Gasteiger partial charge on any atom is 0.294 e. The Bertz CT molecular complexity index is 536. The van der Waals surface area contributed by atoms with Crippen molar-refractivity contribution >= 4 is 17.1 Å². The van der Waals surface area contributed by atoms with E-state index in [-0.39, 0.29) is 11.4 Å². The van der Waals surface area contributed by atoms with Gasteiger partial charge >= 0.3 is 0 Å². The maximum atomic E-state index is 11.0. The molecule has 6 heteroatoms. The number of benzene rings is 1. The van der Waals surface area contributed by atoms with Gasteiger partial charge in [-0.2, -0.15) is 0 Å². The molecule has 114 valence electrons. The van der Waals surface area contributed by atoms with E-state index in [4.69, 9.17) is 5.73 Å². The van der Waals surface area contributed by atoms with Crippen LogP contribution in [-0.4, -0.2) is 42.0 Å². The van der Waals surface area contributed by atoms with Gasteiger partial charge in [-0.05, 0) is 44.9 Å². The summed E-state index contributed by atoms with van der Waals surface area (Å²) in [5.41, 5.74) is 6.79. The fourth-order valence-electron chi connectivity index (χ4n) is 3.20. The predicted octanol–water partition coefficient (Wildman–Crippen LogP) is 2.24. The molecular weight excluding hydrogens is 268 g/mol. The van der Waals surface area contributed by atoms with E-state index in [0.29, 0.717) is 6.04 Å². The van der Waals surface area contributed by atoms with Gasteiger partial charge < -0.3 is 15.5 Å². The molecule has 0 radical (unpaired) electrons. The van der Waals surface area contributed by atoms with Gasteiger partial charge in [0.2, 0.25) is 0 Å². The van der Waals surface area contributed by atoms with Gasteiger partial charge in [-0.15, -0.1) is 0 Å². The van der Waals surface area contributed by atoms with E-state index >= 15 is 0 Å². The summed E-state index contributed by atoms with van der Waals surface area (Å²) in [5, 5.41) is 11.0.